The van der Waals surface area contributed by atoms with Crippen LogP contribution in [0.3, 0.4) is 0 Å². The summed E-state index contributed by atoms with van der Waals surface area (Å²) in [5.41, 5.74) is 0.540. The zero-order chi connectivity index (χ0) is 18.6. The van der Waals surface area contributed by atoms with Crippen molar-refractivity contribution in [2.45, 2.75) is 45.4 Å². The zero-order valence-corrected chi connectivity index (χ0v) is 15.3. The largest absolute Gasteiger partial charge is 0.435 e. The monoisotopic (exact) mass is 371 g/mol. The first kappa shape index (κ1) is 19.5. The van der Waals surface area contributed by atoms with Crippen molar-refractivity contribution in [1.82, 2.24) is 10.6 Å². The van der Waals surface area contributed by atoms with Crippen LogP contribution in [0.5, 0.6) is 5.75 Å². The average Bonchev–Trinajstić information content (AvgIpc) is 2.85. The van der Waals surface area contributed by atoms with Gasteiger partial charge in [0.2, 0.25) is 5.91 Å². The summed E-state index contributed by atoms with van der Waals surface area (Å²) in [6.45, 7) is 4.18. The van der Waals surface area contributed by atoms with Gasteiger partial charge in [-0.15, -0.1) is 0 Å². The SMILES string of the molecule is CC(C)(C)NC(=S)CNC1CCN(c2ccc(OC(F)F)cc2)C1=O. The zero-order valence-electron chi connectivity index (χ0n) is 14.5. The molecule has 1 fully saturated rings. The molecular formula is C17H23F2N3O2S. The van der Waals surface area contributed by atoms with Crippen LogP contribution in [0.4, 0.5) is 14.5 Å². The topological polar surface area (TPSA) is 53.6 Å². The van der Waals surface area contributed by atoms with Gasteiger partial charge in [-0.2, -0.15) is 8.78 Å². The lowest BCUT2D eigenvalue weighted by Crippen LogP contribution is -2.47. The lowest BCUT2D eigenvalue weighted by Gasteiger charge is -2.23. The molecule has 25 heavy (non-hydrogen) atoms. The Morgan fingerprint density at radius 3 is 2.56 bits per heavy atom. The molecule has 1 atom stereocenters. The van der Waals surface area contributed by atoms with E-state index in [-0.39, 0.29) is 23.2 Å². The van der Waals surface area contributed by atoms with Crippen LogP contribution in [-0.2, 0) is 4.79 Å². The molecular weight excluding hydrogens is 348 g/mol. The summed E-state index contributed by atoms with van der Waals surface area (Å²) < 4.78 is 28.7. The molecule has 1 aliphatic rings. The number of carbonyl (C=O) groups is 1. The van der Waals surface area contributed by atoms with Gasteiger partial charge in [-0.25, -0.2) is 0 Å². The van der Waals surface area contributed by atoms with Crippen molar-refractivity contribution >= 4 is 28.8 Å². The van der Waals surface area contributed by atoms with E-state index in [1.54, 1.807) is 17.0 Å². The molecule has 1 heterocycles. The maximum absolute atomic E-state index is 12.5. The molecule has 5 nitrogen and oxygen atoms in total. The number of thiocarbonyl (C=S) groups is 1. The number of amides is 1. The first-order valence-electron chi connectivity index (χ1n) is 8.06. The van der Waals surface area contributed by atoms with Gasteiger partial charge in [-0.1, -0.05) is 12.2 Å². The summed E-state index contributed by atoms with van der Waals surface area (Å²) in [5.74, 6) is 0.0137. The molecule has 1 unspecified atom stereocenters. The summed E-state index contributed by atoms with van der Waals surface area (Å²) in [4.78, 5) is 14.8. The number of nitrogens with zero attached hydrogens (tertiary/aromatic N) is 1. The molecule has 0 saturated carbocycles. The highest BCUT2D eigenvalue weighted by Crippen LogP contribution is 2.25. The van der Waals surface area contributed by atoms with Crippen molar-refractivity contribution in [2.75, 3.05) is 18.0 Å². The lowest BCUT2D eigenvalue weighted by molar-refractivity contribution is -0.118. The summed E-state index contributed by atoms with van der Waals surface area (Å²) in [6.07, 6.45) is 0.659. The van der Waals surface area contributed by atoms with E-state index in [1.807, 2.05) is 20.8 Å². The Hall–Kier alpha value is -1.80. The summed E-state index contributed by atoms with van der Waals surface area (Å²) in [6, 6.07) is 5.75. The number of halogens is 2. The molecule has 0 radical (unpaired) electrons. The van der Waals surface area contributed by atoms with Crippen LogP contribution in [0.1, 0.15) is 27.2 Å². The number of alkyl halides is 2. The van der Waals surface area contributed by atoms with Gasteiger partial charge in [0.15, 0.2) is 0 Å². The number of anilines is 1. The van der Waals surface area contributed by atoms with Gasteiger partial charge in [-0.05, 0) is 51.5 Å². The molecule has 1 saturated heterocycles. The van der Waals surface area contributed by atoms with Gasteiger partial charge in [0.25, 0.3) is 0 Å². The molecule has 1 aromatic rings. The van der Waals surface area contributed by atoms with E-state index in [2.05, 4.69) is 15.4 Å². The average molecular weight is 371 g/mol. The number of carbonyl (C=O) groups excluding carboxylic acids is 1. The highest BCUT2D eigenvalue weighted by Gasteiger charge is 2.32. The Kier molecular flexibility index (Phi) is 6.29. The van der Waals surface area contributed by atoms with E-state index in [9.17, 15) is 13.6 Å². The quantitative estimate of drug-likeness (QED) is 0.753. The summed E-state index contributed by atoms with van der Waals surface area (Å²) in [7, 11) is 0. The number of hydrogen-bond acceptors (Lipinski definition) is 4. The first-order chi connectivity index (χ1) is 11.7. The Bertz CT molecular complexity index is 617. The predicted molar refractivity (Wildman–Crippen MR) is 97.3 cm³/mol. The Labute approximate surface area is 151 Å². The van der Waals surface area contributed by atoms with Crippen molar-refractivity contribution in [3.05, 3.63) is 24.3 Å². The minimum atomic E-state index is -2.86. The maximum atomic E-state index is 12.5. The number of benzene rings is 1. The van der Waals surface area contributed by atoms with Gasteiger partial charge in [-0.3, -0.25) is 10.1 Å². The summed E-state index contributed by atoms with van der Waals surface area (Å²) in [5, 5.41) is 6.36. The highest BCUT2D eigenvalue weighted by molar-refractivity contribution is 7.80. The Balaban J connectivity index is 1.89. The molecule has 2 N–H and O–H groups in total. The van der Waals surface area contributed by atoms with Crippen molar-refractivity contribution < 1.29 is 18.3 Å². The minimum Gasteiger partial charge on any atom is -0.435 e. The van der Waals surface area contributed by atoms with Crippen LogP contribution in [0.15, 0.2) is 24.3 Å². The molecule has 8 heteroatoms. The third-order valence-electron chi connectivity index (χ3n) is 3.60. The Morgan fingerprint density at radius 2 is 2.00 bits per heavy atom. The number of rotatable bonds is 6. The second kappa shape index (κ2) is 8.05. The number of nitrogens with one attached hydrogen (secondary N) is 2. The van der Waals surface area contributed by atoms with E-state index < -0.39 is 6.61 Å². The molecule has 0 bridgehead atoms. The molecule has 0 aromatic heterocycles. The van der Waals surface area contributed by atoms with Gasteiger partial charge < -0.3 is 15.0 Å². The van der Waals surface area contributed by atoms with Crippen LogP contribution in [-0.4, -0.2) is 42.2 Å². The predicted octanol–water partition coefficient (Wildman–Crippen LogP) is 2.70. The number of hydrogen-bond donors (Lipinski definition) is 2. The van der Waals surface area contributed by atoms with Gasteiger partial charge in [0.1, 0.15) is 5.75 Å². The molecule has 0 aliphatic carbocycles. The number of ether oxygens (including phenoxy) is 1. The fourth-order valence-corrected chi connectivity index (χ4v) is 3.00. The van der Waals surface area contributed by atoms with Gasteiger partial charge in [0, 0.05) is 24.3 Å². The van der Waals surface area contributed by atoms with Crippen molar-refractivity contribution in [2.24, 2.45) is 0 Å². The van der Waals surface area contributed by atoms with Gasteiger partial charge >= 0.3 is 6.61 Å². The molecule has 1 aromatic carbocycles. The summed E-state index contributed by atoms with van der Waals surface area (Å²) >= 11 is 5.27. The molecule has 1 aliphatic heterocycles. The smallest absolute Gasteiger partial charge is 0.387 e. The first-order valence-corrected chi connectivity index (χ1v) is 8.47. The Morgan fingerprint density at radius 1 is 1.36 bits per heavy atom. The third kappa shape index (κ3) is 5.89. The molecule has 138 valence electrons. The molecule has 2 rings (SSSR count). The lowest BCUT2D eigenvalue weighted by atomic mass is 10.1. The van der Waals surface area contributed by atoms with Crippen LogP contribution in [0.25, 0.3) is 0 Å². The highest BCUT2D eigenvalue weighted by atomic mass is 32.1. The second-order valence-corrected chi connectivity index (χ2v) is 7.38. The maximum Gasteiger partial charge on any atom is 0.387 e. The second-order valence-electron chi connectivity index (χ2n) is 6.88. The fourth-order valence-electron chi connectivity index (χ4n) is 2.61. The molecule has 0 spiro atoms. The van der Waals surface area contributed by atoms with Crippen LogP contribution < -0.4 is 20.3 Å². The van der Waals surface area contributed by atoms with E-state index in [1.165, 1.54) is 12.1 Å². The fraction of sp³-hybridized carbons (Fsp3) is 0.529. The van der Waals surface area contributed by atoms with Crippen molar-refractivity contribution in [3.8, 4) is 5.75 Å². The van der Waals surface area contributed by atoms with Crippen LogP contribution in [0.2, 0.25) is 0 Å². The van der Waals surface area contributed by atoms with E-state index in [0.29, 0.717) is 30.2 Å². The van der Waals surface area contributed by atoms with E-state index >= 15 is 0 Å². The minimum absolute atomic E-state index is 0.0545. The van der Waals surface area contributed by atoms with Gasteiger partial charge in [0.05, 0.1) is 11.0 Å². The van der Waals surface area contributed by atoms with E-state index in [4.69, 9.17) is 12.2 Å². The normalized spacial score (nSPS) is 17.9. The standard InChI is InChI=1S/C17H23F2N3O2S/c1-17(2,3)21-14(25)10-20-13-8-9-22(15(13)23)11-4-6-12(7-5-11)24-16(18)19/h4-7,13,16,20H,8-10H2,1-3H3,(H,21,25). The molecule has 1 amide bonds. The van der Waals surface area contributed by atoms with Crippen molar-refractivity contribution in [3.63, 3.8) is 0 Å². The third-order valence-corrected chi connectivity index (χ3v) is 3.85. The van der Waals surface area contributed by atoms with Crippen molar-refractivity contribution in [1.29, 1.82) is 0 Å². The van der Waals surface area contributed by atoms with E-state index in [0.717, 1.165) is 0 Å². The van der Waals surface area contributed by atoms with Crippen LogP contribution >= 0.6 is 12.2 Å². The van der Waals surface area contributed by atoms with Crippen LogP contribution in [0, 0.1) is 0 Å².